The van der Waals surface area contributed by atoms with Gasteiger partial charge in [0.05, 0.1) is 29.7 Å². The van der Waals surface area contributed by atoms with Crippen LogP contribution < -0.4 is 0 Å². The molecule has 1 amide bonds. The second kappa shape index (κ2) is 6.03. The summed E-state index contributed by atoms with van der Waals surface area (Å²) in [6, 6.07) is 7.62. The maximum absolute atomic E-state index is 13.0. The minimum Gasteiger partial charge on any atom is -0.348 e. The number of hydrogen-bond donors (Lipinski definition) is 1. The van der Waals surface area contributed by atoms with Crippen molar-refractivity contribution in [2.75, 3.05) is 6.54 Å². The molecule has 5 rings (SSSR count). The molecule has 9 heteroatoms. The predicted octanol–water partition coefficient (Wildman–Crippen LogP) is 1.63. The molecule has 0 saturated carbocycles. The molecule has 1 atom stereocenters. The zero-order valence-corrected chi connectivity index (χ0v) is 14.6. The number of hydrogen-bond acceptors (Lipinski definition) is 6. The largest absolute Gasteiger partial charge is 0.348 e. The minimum absolute atomic E-state index is 0.0115. The van der Waals surface area contributed by atoms with Gasteiger partial charge in [0.15, 0.2) is 0 Å². The molecule has 0 fully saturated rings. The molecule has 4 aromatic heterocycles. The molecule has 26 heavy (non-hydrogen) atoms. The number of fused-ring (bicyclic) bond motifs is 2. The fraction of sp³-hybridized carbons (Fsp3) is 0.235. The van der Waals surface area contributed by atoms with Gasteiger partial charge in [0.1, 0.15) is 16.6 Å². The highest BCUT2D eigenvalue weighted by Crippen LogP contribution is 2.33. The van der Waals surface area contributed by atoms with Crippen LogP contribution in [0.3, 0.4) is 0 Å². The smallest absolute Gasteiger partial charge is 0.230 e. The molecule has 8 nitrogen and oxygen atoms in total. The lowest BCUT2D eigenvalue weighted by Crippen LogP contribution is -2.41. The Bertz CT molecular complexity index is 1030. The lowest BCUT2D eigenvalue weighted by Gasteiger charge is -2.33. The van der Waals surface area contributed by atoms with Crippen molar-refractivity contribution in [1.82, 2.24) is 34.7 Å². The topological polar surface area (TPSA) is 92.1 Å². The summed E-state index contributed by atoms with van der Waals surface area (Å²) >= 11 is 1.39. The van der Waals surface area contributed by atoms with E-state index in [1.807, 2.05) is 39.9 Å². The van der Waals surface area contributed by atoms with Crippen molar-refractivity contribution in [1.29, 1.82) is 0 Å². The maximum Gasteiger partial charge on any atom is 0.230 e. The third kappa shape index (κ3) is 2.48. The van der Waals surface area contributed by atoms with E-state index in [2.05, 4.69) is 25.3 Å². The molecule has 0 radical (unpaired) electrons. The number of aromatic amines is 1. The van der Waals surface area contributed by atoms with Gasteiger partial charge >= 0.3 is 0 Å². The van der Waals surface area contributed by atoms with Gasteiger partial charge in [-0.15, -0.1) is 21.5 Å². The number of carbonyl (C=O) groups is 1. The van der Waals surface area contributed by atoms with E-state index in [1.54, 1.807) is 11.8 Å². The number of H-pyrrole nitrogens is 1. The van der Waals surface area contributed by atoms with Crippen molar-refractivity contribution in [2.45, 2.75) is 18.9 Å². The van der Waals surface area contributed by atoms with E-state index in [4.69, 9.17) is 0 Å². The second-order valence-corrected chi connectivity index (χ2v) is 7.07. The molecule has 0 bridgehead atoms. The summed E-state index contributed by atoms with van der Waals surface area (Å²) in [5.41, 5.74) is 5.37. The molecular weight excluding hydrogens is 350 g/mol. The number of pyridine rings is 1. The molecule has 0 spiro atoms. The Labute approximate surface area is 152 Å². The van der Waals surface area contributed by atoms with Crippen LogP contribution in [-0.2, 0) is 17.6 Å². The van der Waals surface area contributed by atoms with Crippen LogP contribution in [0.15, 0.2) is 42.3 Å². The van der Waals surface area contributed by atoms with Crippen molar-refractivity contribution in [2.24, 2.45) is 0 Å². The molecule has 4 aromatic rings. The Morgan fingerprint density at radius 2 is 2.35 bits per heavy atom. The first-order valence-corrected chi connectivity index (χ1v) is 9.18. The molecule has 1 aliphatic heterocycles. The van der Waals surface area contributed by atoms with Crippen LogP contribution in [0.5, 0.6) is 0 Å². The predicted molar refractivity (Wildman–Crippen MR) is 94.7 cm³/mol. The quantitative estimate of drug-likeness (QED) is 0.596. The molecule has 1 N–H and O–H groups in total. The average molecular weight is 365 g/mol. The van der Waals surface area contributed by atoms with E-state index in [1.165, 1.54) is 11.3 Å². The summed E-state index contributed by atoms with van der Waals surface area (Å²) in [6.07, 6.45) is 4.59. The Kier molecular flexibility index (Phi) is 3.52. The molecule has 0 aliphatic carbocycles. The summed E-state index contributed by atoms with van der Waals surface area (Å²) in [5.74, 6) is 0.0115. The van der Waals surface area contributed by atoms with Crippen LogP contribution in [-0.4, -0.2) is 47.1 Å². The minimum atomic E-state index is -0.301. The van der Waals surface area contributed by atoms with E-state index in [-0.39, 0.29) is 18.4 Å². The van der Waals surface area contributed by atoms with Gasteiger partial charge in [0.2, 0.25) is 5.91 Å². The van der Waals surface area contributed by atoms with E-state index >= 15 is 0 Å². The summed E-state index contributed by atoms with van der Waals surface area (Å²) in [4.78, 5) is 22.5. The van der Waals surface area contributed by atoms with Crippen LogP contribution in [0, 0.1) is 0 Å². The van der Waals surface area contributed by atoms with Gasteiger partial charge in [-0.3, -0.25) is 4.79 Å². The SMILES string of the molecule is O=C(Cc1nncs1)N1CCc2[nH]cnc2C1c1cc2ccccn2n1. The third-order valence-electron chi connectivity index (χ3n) is 4.62. The van der Waals surface area contributed by atoms with Crippen molar-refractivity contribution >= 4 is 22.8 Å². The molecule has 1 unspecified atom stereocenters. The van der Waals surface area contributed by atoms with E-state index in [0.29, 0.717) is 6.54 Å². The molecule has 0 saturated heterocycles. The summed E-state index contributed by atoms with van der Waals surface area (Å²) in [5, 5.41) is 13.2. The Balaban J connectivity index is 1.56. The highest BCUT2D eigenvalue weighted by Gasteiger charge is 2.35. The van der Waals surface area contributed by atoms with E-state index in [0.717, 1.165) is 34.0 Å². The van der Waals surface area contributed by atoms with Crippen LogP contribution in [0.1, 0.15) is 28.1 Å². The maximum atomic E-state index is 13.0. The second-order valence-electron chi connectivity index (χ2n) is 6.15. The number of rotatable bonds is 3. The zero-order chi connectivity index (χ0) is 17.5. The first kappa shape index (κ1) is 15.2. The van der Waals surface area contributed by atoms with Crippen molar-refractivity contribution in [3.8, 4) is 0 Å². The lowest BCUT2D eigenvalue weighted by molar-refractivity contribution is -0.132. The monoisotopic (exact) mass is 365 g/mol. The molecular formula is C17H15N7OS. The van der Waals surface area contributed by atoms with Gasteiger partial charge < -0.3 is 9.88 Å². The highest BCUT2D eigenvalue weighted by atomic mass is 32.1. The van der Waals surface area contributed by atoms with Crippen LogP contribution in [0.25, 0.3) is 5.52 Å². The standard InChI is InChI=1S/C17H15N7OS/c25-15(8-14-21-20-10-26-14)23-6-4-12-16(19-9-18-12)17(23)13-7-11-3-1-2-5-24(11)22-13/h1-3,5,7,9-10,17H,4,6,8H2,(H,18,19). The van der Waals surface area contributed by atoms with Gasteiger partial charge in [-0.2, -0.15) is 5.10 Å². The number of nitrogens with one attached hydrogen (secondary N) is 1. The summed E-state index contributed by atoms with van der Waals surface area (Å²) < 4.78 is 1.82. The van der Waals surface area contributed by atoms with Gasteiger partial charge in [-0.05, 0) is 18.2 Å². The van der Waals surface area contributed by atoms with Crippen LogP contribution >= 0.6 is 11.3 Å². The number of nitrogens with zero attached hydrogens (tertiary/aromatic N) is 6. The number of amides is 1. The zero-order valence-electron chi connectivity index (χ0n) is 13.7. The van der Waals surface area contributed by atoms with Crippen LogP contribution in [0.2, 0.25) is 0 Å². The number of imidazole rings is 1. The van der Waals surface area contributed by atoms with Crippen molar-refractivity contribution in [3.63, 3.8) is 0 Å². The third-order valence-corrected chi connectivity index (χ3v) is 5.32. The number of aromatic nitrogens is 6. The summed E-state index contributed by atoms with van der Waals surface area (Å²) in [6.45, 7) is 0.616. The highest BCUT2D eigenvalue weighted by molar-refractivity contribution is 7.09. The lowest BCUT2D eigenvalue weighted by atomic mass is 9.99. The fourth-order valence-electron chi connectivity index (χ4n) is 3.44. The van der Waals surface area contributed by atoms with Crippen LogP contribution in [0.4, 0.5) is 0 Å². The van der Waals surface area contributed by atoms with E-state index < -0.39 is 0 Å². The Morgan fingerprint density at radius 1 is 1.38 bits per heavy atom. The molecule has 0 aromatic carbocycles. The van der Waals surface area contributed by atoms with Gasteiger partial charge in [0, 0.05) is 24.9 Å². The Hall–Kier alpha value is -3.07. The average Bonchev–Trinajstić information content (AvgIpc) is 3.40. The van der Waals surface area contributed by atoms with Crippen molar-refractivity contribution < 1.29 is 4.79 Å². The summed E-state index contributed by atoms with van der Waals surface area (Å²) in [7, 11) is 0. The normalized spacial score (nSPS) is 16.8. The first-order chi connectivity index (χ1) is 12.8. The van der Waals surface area contributed by atoms with Gasteiger partial charge in [-0.1, -0.05) is 6.07 Å². The Morgan fingerprint density at radius 3 is 3.19 bits per heavy atom. The fourth-order valence-corrected chi connectivity index (χ4v) is 3.96. The van der Waals surface area contributed by atoms with Crippen molar-refractivity contribution in [3.05, 3.63) is 64.4 Å². The first-order valence-electron chi connectivity index (χ1n) is 8.30. The molecule has 130 valence electrons. The van der Waals surface area contributed by atoms with E-state index in [9.17, 15) is 4.79 Å². The van der Waals surface area contributed by atoms with Gasteiger partial charge in [0.25, 0.3) is 0 Å². The molecule has 1 aliphatic rings. The van der Waals surface area contributed by atoms with Gasteiger partial charge in [-0.25, -0.2) is 9.50 Å². The molecule has 5 heterocycles. The number of carbonyl (C=O) groups excluding carboxylic acids is 1.